The number of aromatic amines is 1. The van der Waals surface area contributed by atoms with Crippen molar-refractivity contribution in [3.63, 3.8) is 0 Å². The Morgan fingerprint density at radius 2 is 2.00 bits per heavy atom. The summed E-state index contributed by atoms with van der Waals surface area (Å²) in [5, 5.41) is 14.3. The maximum Gasteiger partial charge on any atom is 0.244 e. The number of fused-ring (bicyclic) bond motifs is 1. The first-order chi connectivity index (χ1) is 15.5. The largest absolute Gasteiger partial charge is 0.493 e. The van der Waals surface area contributed by atoms with Crippen LogP contribution in [0.1, 0.15) is 29.7 Å². The van der Waals surface area contributed by atoms with Gasteiger partial charge in [0.1, 0.15) is 5.65 Å². The van der Waals surface area contributed by atoms with Crippen molar-refractivity contribution in [3.8, 4) is 11.5 Å². The van der Waals surface area contributed by atoms with Gasteiger partial charge in [0.05, 0.1) is 20.3 Å². The smallest absolute Gasteiger partial charge is 0.244 e. The molecule has 8 heteroatoms. The number of rotatable bonds is 9. The lowest BCUT2D eigenvalue weighted by Crippen LogP contribution is -2.24. The van der Waals surface area contributed by atoms with Crippen molar-refractivity contribution in [2.75, 3.05) is 21.3 Å². The summed E-state index contributed by atoms with van der Waals surface area (Å²) >= 11 is 0. The summed E-state index contributed by atoms with van der Waals surface area (Å²) in [6.45, 7) is 1.90. The second-order valence-corrected chi connectivity index (χ2v) is 7.07. The molecule has 32 heavy (non-hydrogen) atoms. The Hall–Kier alpha value is -4.07. The van der Waals surface area contributed by atoms with Crippen molar-refractivity contribution in [2.45, 2.75) is 13.0 Å². The first-order valence-electron chi connectivity index (χ1n) is 10.1. The van der Waals surface area contributed by atoms with Gasteiger partial charge < -0.3 is 30.5 Å². The number of H-pyrrole nitrogens is 1. The molecule has 1 atom stereocenters. The van der Waals surface area contributed by atoms with Crippen LogP contribution in [0.25, 0.3) is 22.7 Å². The van der Waals surface area contributed by atoms with E-state index in [9.17, 15) is 4.79 Å². The average Bonchev–Trinajstić information content (AvgIpc) is 3.22. The zero-order valence-electron chi connectivity index (χ0n) is 18.5. The van der Waals surface area contributed by atoms with E-state index in [1.807, 2.05) is 31.2 Å². The molecule has 1 amide bonds. The van der Waals surface area contributed by atoms with Crippen LogP contribution in [0.2, 0.25) is 0 Å². The fourth-order valence-electron chi connectivity index (χ4n) is 3.32. The van der Waals surface area contributed by atoms with Crippen molar-refractivity contribution in [1.82, 2.24) is 20.6 Å². The highest BCUT2D eigenvalue weighted by Crippen LogP contribution is 2.30. The third-order valence-electron chi connectivity index (χ3n) is 5.03. The summed E-state index contributed by atoms with van der Waals surface area (Å²) in [5.74, 6) is 1.03. The SMILES string of the molecule is CN/C=C(\C=N)c1cnc2[nH]cc(/C=C/C(=O)N[C@H](C)c3ccc(OC)c(OC)c3)c2c1. The number of methoxy groups -OCH3 is 2. The molecular weight excluding hydrogens is 406 g/mol. The Labute approximate surface area is 186 Å². The number of amides is 1. The van der Waals surface area contributed by atoms with E-state index in [0.717, 1.165) is 22.1 Å². The zero-order chi connectivity index (χ0) is 23.1. The Morgan fingerprint density at radius 1 is 1.22 bits per heavy atom. The molecule has 0 radical (unpaired) electrons. The Balaban J connectivity index is 1.76. The molecule has 0 aliphatic rings. The molecule has 166 valence electrons. The van der Waals surface area contributed by atoms with E-state index in [2.05, 4.69) is 20.6 Å². The minimum absolute atomic E-state index is 0.218. The molecule has 0 saturated carbocycles. The van der Waals surface area contributed by atoms with Gasteiger partial charge in [-0.15, -0.1) is 0 Å². The molecule has 2 aromatic heterocycles. The molecule has 0 saturated heterocycles. The van der Waals surface area contributed by atoms with Crippen LogP contribution in [0, 0.1) is 5.41 Å². The second kappa shape index (κ2) is 10.3. The molecule has 3 aromatic rings. The van der Waals surface area contributed by atoms with Crippen molar-refractivity contribution >= 4 is 34.8 Å². The van der Waals surface area contributed by atoms with Gasteiger partial charge in [-0.3, -0.25) is 4.79 Å². The maximum atomic E-state index is 12.5. The van der Waals surface area contributed by atoms with Gasteiger partial charge in [-0.1, -0.05) is 6.07 Å². The number of ether oxygens (including phenoxy) is 2. The van der Waals surface area contributed by atoms with Gasteiger partial charge in [0.2, 0.25) is 5.91 Å². The molecule has 1 aromatic carbocycles. The highest BCUT2D eigenvalue weighted by Gasteiger charge is 2.12. The summed E-state index contributed by atoms with van der Waals surface area (Å²) < 4.78 is 10.6. The van der Waals surface area contributed by atoms with Crippen molar-refractivity contribution in [2.24, 2.45) is 0 Å². The molecule has 0 fully saturated rings. The minimum atomic E-state index is -0.221. The third-order valence-corrected chi connectivity index (χ3v) is 5.03. The monoisotopic (exact) mass is 433 g/mol. The van der Waals surface area contributed by atoms with Crippen LogP contribution in [0.15, 0.2) is 48.9 Å². The van der Waals surface area contributed by atoms with E-state index in [4.69, 9.17) is 14.9 Å². The van der Waals surface area contributed by atoms with E-state index in [-0.39, 0.29) is 11.9 Å². The van der Waals surface area contributed by atoms with Gasteiger partial charge in [-0.25, -0.2) is 4.98 Å². The van der Waals surface area contributed by atoms with Gasteiger partial charge in [0.25, 0.3) is 0 Å². The van der Waals surface area contributed by atoms with Gasteiger partial charge >= 0.3 is 0 Å². The first kappa shape index (κ1) is 22.6. The van der Waals surface area contributed by atoms with Crippen molar-refractivity contribution < 1.29 is 14.3 Å². The standard InChI is InChI=1S/C24H27N5O3/c1-15(16-5-7-21(31-3)22(10-16)32-4)29-23(30)8-6-17-13-27-24-20(17)9-18(14-28-24)19(11-25)12-26-2/h5-15,25-26H,1-4H3,(H,27,28)(H,29,30)/b8-6+,19-12+,25-11?/t15-/m1/s1. The number of hydrogen-bond acceptors (Lipinski definition) is 6. The fraction of sp³-hybridized carbons (Fsp3) is 0.208. The molecule has 3 rings (SSSR count). The predicted molar refractivity (Wildman–Crippen MR) is 127 cm³/mol. The minimum Gasteiger partial charge on any atom is -0.493 e. The lowest BCUT2D eigenvalue weighted by atomic mass is 10.1. The van der Waals surface area contributed by atoms with E-state index >= 15 is 0 Å². The Bertz CT molecular complexity index is 1180. The average molecular weight is 434 g/mol. The summed E-state index contributed by atoms with van der Waals surface area (Å²) in [4.78, 5) is 20.0. The fourth-order valence-corrected chi connectivity index (χ4v) is 3.32. The van der Waals surface area contributed by atoms with Crippen LogP contribution in [-0.2, 0) is 4.79 Å². The Kier molecular flexibility index (Phi) is 7.28. The molecule has 0 spiro atoms. The molecule has 0 bridgehead atoms. The number of nitrogens with zero attached hydrogens (tertiary/aromatic N) is 1. The number of pyridine rings is 1. The Morgan fingerprint density at radius 3 is 2.69 bits per heavy atom. The molecule has 0 unspecified atom stereocenters. The van der Waals surface area contributed by atoms with Crippen LogP contribution >= 0.6 is 0 Å². The number of nitrogens with one attached hydrogen (secondary N) is 4. The number of benzene rings is 1. The number of carbonyl (C=O) groups is 1. The van der Waals surface area contributed by atoms with Crippen LogP contribution in [0.3, 0.4) is 0 Å². The normalized spacial score (nSPS) is 12.6. The molecule has 8 nitrogen and oxygen atoms in total. The topological polar surface area (TPSA) is 112 Å². The maximum absolute atomic E-state index is 12.5. The van der Waals surface area contributed by atoms with Gasteiger partial charge in [-0.2, -0.15) is 0 Å². The van der Waals surface area contributed by atoms with Crippen LogP contribution in [0.4, 0.5) is 0 Å². The number of aromatic nitrogens is 2. The van der Waals surface area contributed by atoms with Crippen LogP contribution in [-0.4, -0.2) is 43.4 Å². The van der Waals surface area contributed by atoms with Gasteiger partial charge in [-0.05, 0) is 36.8 Å². The number of allylic oxidation sites excluding steroid dienone is 1. The van der Waals surface area contributed by atoms with Gasteiger partial charge in [0.15, 0.2) is 11.5 Å². The number of carbonyl (C=O) groups excluding carboxylic acids is 1. The lowest BCUT2D eigenvalue weighted by Gasteiger charge is -2.15. The highest BCUT2D eigenvalue weighted by molar-refractivity contribution is 6.09. The van der Waals surface area contributed by atoms with Crippen molar-refractivity contribution in [3.05, 3.63) is 65.6 Å². The third kappa shape index (κ3) is 4.97. The van der Waals surface area contributed by atoms with Crippen LogP contribution < -0.4 is 20.1 Å². The first-order valence-corrected chi connectivity index (χ1v) is 10.1. The van der Waals surface area contributed by atoms with E-state index in [1.54, 1.807) is 45.9 Å². The zero-order valence-corrected chi connectivity index (χ0v) is 18.5. The highest BCUT2D eigenvalue weighted by atomic mass is 16.5. The quantitative estimate of drug-likeness (QED) is 0.304. The summed E-state index contributed by atoms with van der Waals surface area (Å²) in [5.41, 5.74) is 3.96. The van der Waals surface area contributed by atoms with E-state index in [0.29, 0.717) is 22.7 Å². The second-order valence-electron chi connectivity index (χ2n) is 7.07. The van der Waals surface area contributed by atoms with Crippen LogP contribution in [0.5, 0.6) is 11.5 Å². The summed E-state index contributed by atoms with van der Waals surface area (Å²) in [7, 11) is 4.94. The molecular formula is C24H27N5O3. The predicted octanol–water partition coefficient (Wildman–Crippen LogP) is 3.68. The van der Waals surface area contributed by atoms with E-state index < -0.39 is 0 Å². The summed E-state index contributed by atoms with van der Waals surface area (Å²) in [6, 6.07) is 7.28. The molecule has 4 N–H and O–H groups in total. The molecule has 2 heterocycles. The lowest BCUT2D eigenvalue weighted by molar-refractivity contribution is -0.117. The summed E-state index contributed by atoms with van der Waals surface area (Å²) in [6.07, 6.45) is 9.75. The molecule has 0 aliphatic heterocycles. The number of hydrogen-bond donors (Lipinski definition) is 4. The van der Waals surface area contributed by atoms with E-state index in [1.165, 1.54) is 12.3 Å². The molecule has 0 aliphatic carbocycles. The van der Waals surface area contributed by atoms with Gasteiger partial charge in [0, 0.05) is 60.0 Å². The van der Waals surface area contributed by atoms with Crippen molar-refractivity contribution in [1.29, 1.82) is 5.41 Å².